The number of benzene rings is 3. The summed E-state index contributed by atoms with van der Waals surface area (Å²) in [5.41, 5.74) is 2.41. The lowest BCUT2D eigenvalue weighted by Crippen LogP contribution is -2.30. The molecule has 0 bridgehead atoms. The van der Waals surface area contributed by atoms with Gasteiger partial charge in [-0.25, -0.2) is 4.79 Å². The summed E-state index contributed by atoms with van der Waals surface area (Å²) in [6, 6.07) is 7.19. The van der Waals surface area contributed by atoms with Crippen molar-refractivity contribution in [2.24, 2.45) is 4.99 Å². The molecule has 0 spiro atoms. The van der Waals surface area contributed by atoms with Gasteiger partial charge in [-0.15, -0.1) is 0 Å². The molecule has 0 radical (unpaired) electrons. The van der Waals surface area contributed by atoms with Gasteiger partial charge in [0.05, 0.1) is 44.4 Å². The van der Waals surface area contributed by atoms with Crippen molar-refractivity contribution in [2.75, 3.05) is 35.2 Å². The second-order valence-corrected chi connectivity index (χ2v) is 24.6. The molecule has 6 N–H and O–H groups in total. The molecule has 0 saturated heterocycles. The maximum atomic E-state index is 12.8. The molecule has 6 rings (SSSR count). The topological polar surface area (TPSA) is 294 Å². The van der Waals surface area contributed by atoms with E-state index < -0.39 is 84.8 Å². The largest absolute Gasteiger partial charge is 0.478 e. The van der Waals surface area contributed by atoms with Gasteiger partial charge in [-0.1, -0.05) is 38.1 Å². The number of fused-ring (bicyclic) bond motifs is 6. The molecule has 0 saturated carbocycles. The number of carboxylic acid groups (broad SMARTS) is 1. The molecule has 3 aromatic carbocycles. The molecule has 358 valence electrons. The highest BCUT2D eigenvalue weighted by Crippen LogP contribution is 2.56. The first-order valence-corrected chi connectivity index (χ1v) is 27.6. The van der Waals surface area contributed by atoms with Crippen LogP contribution in [0.15, 0.2) is 81.2 Å². The van der Waals surface area contributed by atoms with Gasteiger partial charge < -0.3 is 14.6 Å². The maximum Gasteiger partial charge on any atom is 0.336 e. The first-order chi connectivity index (χ1) is 30.3. The molecule has 3 heterocycles. The summed E-state index contributed by atoms with van der Waals surface area (Å²) in [6.45, 7) is 11.3. The van der Waals surface area contributed by atoms with E-state index in [0.29, 0.717) is 50.7 Å². The average Bonchev–Trinajstić information content (AvgIpc) is 3.65. The number of hydrogen-bond acceptors (Lipinski definition) is 13. The van der Waals surface area contributed by atoms with Crippen molar-refractivity contribution in [3.63, 3.8) is 0 Å². The molecule has 23 heteroatoms. The quantitative estimate of drug-likeness (QED) is 0.0320. The van der Waals surface area contributed by atoms with Gasteiger partial charge in [0.2, 0.25) is 5.69 Å². The minimum absolute atomic E-state index is 0.00833. The fraction of sp³-hybridized carbons (Fsp3) is 0.419. The van der Waals surface area contributed by atoms with Gasteiger partial charge in [0, 0.05) is 75.5 Å². The standard InChI is InChI=1S/C43H51N3O15S5/c1-26-41(2,3)37-30(40(47)48)25-32-38(39(37)44-26)42(4,5)34(46(32)19-12-22-65(56,57)58)13-8-7-9-14-35-43(6,17-10-20-63(50,51)52)36-29-23-27(66(59,60)61)24-33(62-49)28(29)15-16-31(36)45(35)18-11-21-64(53,54)55/h7-9,13-16,23-25H,10-12,17-22H2,1-6H3,(H5-,47,48,49,50,51,52,53,54,55,56,57,58,59,60,61)/p+1. The third-order valence-corrected chi connectivity index (χ3v) is 16.5. The number of aromatic carboxylic acids is 1. The van der Waals surface area contributed by atoms with Crippen LogP contribution in [0.5, 0.6) is 0 Å². The number of carboxylic acids is 1. The van der Waals surface area contributed by atoms with Crippen LogP contribution in [0, 0.1) is 0 Å². The zero-order valence-electron chi connectivity index (χ0n) is 36.9. The molecule has 1 unspecified atom stereocenters. The van der Waals surface area contributed by atoms with E-state index in [4.69, 9.17) is 4.99 Å². The van der Waals surface area contributed by atoms with Crippen molar-refractivity contribution in [3.05, 3.63) is 88.7 Å². The van der Waals surface area contributed by atoms with E-state index in [0.717, 1.165) is 11.6 Å². The Bertz CT molecular complexity index is 3170. The third-order valence-electron chi connectivity index (χ3n) is 12.7. The fourth-order valence-electron chi connectivity index (χ4n) is 9.51. The molecule has 18 nitrogen and oxygen atoms in total. The number of hydrogen-bond donors (Lipinski definition) is 6. The van der Waals surface area contributed by atoms with Crippen LogP contribution in [-0.4, -0.2) is 114 Å². The molecule has 0 amide bonds. The molecule has 66 heavy (non-hydrogen) atoms. The van der Waals surface area contributed by atoms with E-state index in [1.165, 1.54) is 6.07 Å². The highest BCUT2D eigenvalue weighted by molar-refractivity contribution is 7.94. The van der Waals surface area contributed by atoms with E-state index in [9.17, 15) is 66.3 Å². The summed E-state index contributed by atoms with van der Waals surface area (Å²) >= 11 is 0.247. The first-order valence-electron chi connectivity index (χ1n) is 20.6. The maximum absolute atomic E-state index is 12.8. The third kappa shape index (κ3) is 10.1. The van der Waals surface area contributed by atoms with Crippen LogP contribution in [0.25, 0.3) is 10.8 Å². The van der Waals surface area contributed by atoms with Crippen molar-refractivity contribution in [1.82, 2.24) is 0 Å². The molecule has 0 fully saturated rings. The summed E-state index contributed by atoms with van der Waals surface area (Å²) in [7, 11) is -18.0. The number of anilines is 1. The normalized spacial score (nSPS) is 20.0. The molecule has 1 atom stereocenters. The van der Waals surface area contributed by atoms with Gasteiger partial charge in [-0.05, 0) is 87.6 Å². The Morgan fingerprint density at radius 3 is 1.98 bits per heavy atom. The van der Waals surface area contributed by atoms with Gasteiger partial charge in [-0.2, -0.15) is 38.2 Å². The van der Waals surface area contributed by atoms with Crippen LogP contribution < -0.4 is 4.90 Å². The van der Waals surface area contributed by atoms with Crippen molar-refractivity contribution >= 4 is 97.7 Å². The Kier molecular flexibility index (Phi) is 13.9. The van der Waals surface area contributed by atoms with E-state index in [1.807, 2.05) is 39.2 Å². The zero-order chi connectivity index (χ0) is 49.2. The minimum atomic E-state index is -4.82. The number of nitrogens with zero attached hydrogens (tertiary/aromatic N) is 3. The molecule has 3 aromatic rings. The van der Waals surface area contributed by atoms with Crippen molar-refractivity contribution in [2.45, 2.75) is 93.3 Å². The Morgan fingerprint density at radius 1 is 0.773 bits per heavy atom. The summed E-state index contributed by atoms with van der Waals surface area (Å²) in [6.07, 6.45) is 8.34. The summed E-state index contributed by atoms with van der Waals surface area (Å²) in [5, 5.41) is 11.1. The van der Waals surface area contributed by atoms with Gasteiger partial charge in [0.1, 0.15) is 6.54 Å². The van der Waals surface area contributed by atoms with Crippen molar-refractivity contribution < 1.29 is 70.9 Å². The number of carbonyl (C=O) groups is 1. The summed E-state index contributed by atoms with van der Waals surface area (Å²) in [5.74, 6) is -2.97. The monoisotopic (exact) mass is 1010 g/mol. The van der Waals surface area contributed by atoms with Gasteiger partial charge >= 0.3 is 5.97 Å². The van der Waals surface area contributed by atoms with Crippen LogP contribution in [0.1, 0.15) is 94.3 Å². The Balaban J connectivity index is 1.52. The van der Waals surface area contributed by atoms with E-state index in [2.05, 4.69) is 0 Å². The smallest absolute Gasteiger partial charge is 0.336 e. The van der Waals surface area contributed by atoms with Gasteiger partial charge in [0.25, 0.3) is 40.5 Å². The molecular formula is C43H52N3O15S5+. The Morgan fingerprint density at radius 2 is 1.39 bits per heavy atom. The van der Waals surface area contributed by atoms with Crippen LogP contribution in [0.2, 0.25) is 0 Å². The Labute approximate surface area is 388 Å². The lowest BCUT2D eigenvalue weighted by molar-refractivity contribution is -0.437. The molecule has 0 aromatic heterocycles. The summed E-state index contributed by atoms with van der Waals surface area (Å²) < 4.78 is 147. The Hall–Kier alpha value is -4.30. The molecule has 3 aliphatic heterocycles. The van der Waals surface area contributed by atoms with E-state index in [-0.39, 0.29) is 66.7 Å². The van der Waals surface area contributed by atoms with Crippen LogP contribution in [-0.2, 0) is 56.7 Å². The van der Waals surface area contributed by atoms with Crippen LogP contribution in [0.3, 0.4) is 0 Å². The lowest BCUT2D eigenvalue weighted by Gasteiger charge is -2.31. The average molecular weight is 1010 g/mol. The number of allylic oxidation sites excluding steroid dienone is 6. The van der Waals surface area contributed by atoms with E-state index in [1.54, 1.807) is 60.4 Å². The van der Waals surface area contributed by atoms with Gasteiger partial charge in [0.15, 0.2) is 5.71 Å². The molecule has 0 aliphatic carbocycles. The lowest BCUT2D eigenvalue weighted by atomic mass is 9.74. The highest BCUT2D eigenvalue weighted by atomic mass is 32.2. The molecular weight excluding hydrogens is 959 g/mol. The predicted molar refractivity (Wildman–Crippen MR) is 253 cm³/mol. The summed E-state index contributed by atoms with van der Waals surface area (Å²) in [4.78, 5) is 18.9. The minimum Gasteiger partial charge on any atom is -0.478 e. The van der Waals surface area contributed by atoms with Crippen LogP contribution in [0.4, 0.5) is 17.1 Å². The van der Waals surface area contributed by atoms with Crippen LogP contribution >= 0.6 is 12.0 Å². The number of aliphatic imine (C=N–C) groups is 1. The van der Waals surface area contributed by atoms with E-state index >= 15 is 0 Å². The fourth-order valence-corrected chi connectivity index (χ4v) is 12.1. The first kappa shape index (κ1) is 51.1. The van der Waals surface area contributed by atoms with Crippen molar-refractivity contribution in [3.8, 4) is 0 Å². The SMILES string of the molecule is CC1=Nc2c(c(C(=O)O)cc3c2C(C)(C)C(C=CC=CC=C2N(CCCS(=O)(=O)O)c4ccc5c(SO)cc(S(=O)(=O)O)cc5c4C2(C)CCCS(=O)(=O)O)=[N+]3CCCS(=O)(=O)O)C1(C)C. The molecule has 3 aliphatic rings. The second kappa shape index (κ2) is 18.0. The highest BCUT2D eigenvalue weighted by Gasteiger charge is 2.51. The predicted octanol–water partition coefficient (Wildman–Crippen LogP) is 7.11. The zero-order valence-corrected chi connectivity index (χ0v) is 41.0. The van der Waals surface area contributed by atoms with Gasteiger partial charge in [-0.3, -0.25) is 23.2 Å². The van der Waals surface area contributed by atoms with Crippen molar-refractivity contribution in [1.29, 1.82) is 0 Å². The number of rotatable bonds is 18. The second-order valence-electron chi connectivity index (χ2n) is 17.8.